The molecule has 11 nitrogen and oxygen atoms in total. The van der Waals surface area contributed by atoms with E-state index in [2.05, 4.69) is 0 Å². The lowest BCUT2D eigenvalue weighted by atomic mass is 9.52. The van der Waals surface area contributed by atoms with Crippen LogP contribution in [0.3, 0.4) is 0 Å². The van der Waals surface area contributed by atoms with Gasteiger partial charge in [0.25, 0.3) is 0 Å². The Kier molecular flexibility index (Phi) is 6.04. The van der Waals surface area contributed by atoms with E-state index in [0.717, 1.165) is 0 Å². The van der Waals surface area contributed by atoms with Gasteiger partial charge in [-0.2, -0.15) is 0 Å². The van der Waals surface area contributed by atoms with Gasteiger partial charge in [0, 0.05) is 5.92 Å². The van der Waals surface area contributed by atoms with Crippen molar-refractivity contribution in [1.29, 1.82) is 0 Å². The molecule has 2 aromatic rings. The number of hydrogen-bond donors (Lipinski definition) is 4. The topological polar surface area (TPSA) is 192 Å². The van der Waals surface area contributed by atoms with Crippen LogP contribution >= 0.6 is 0 Å². The van der Waals surface area contributed by atoms with Gasteiger partial charge in [0.2, 0.25) is 5.91 Å². The van der Waals surface area contributed by atoms with Gasteiger partial charge < -0.3 is 21.1 Å². The number of carbonyl (C=O) groups is 6. The first-order valence-electron chi connectivity index (χ1n) is 12.3. The Morgan fingerprint density at radius 2 is 1.74 bits per heavy atom. The fourth-order valence-electron chi connectivity index (χ4n) is 6.69. The van der Waals surface area contributed by atoms with Crippen LogP contribution < -0.4 is 5.73 Å². The summed E-state index contributed by atoms with van der Waals surface area (Å²) < 4.78 is 0. The molecule has 2 saturated carbocycles. The van der Waals surface area contributed by atoms with Gasteiger partial charge in [-0.15, -0.1) is 0 Å². The highest BCUT2D eigenvalue weighted by molar-refractivity contribution is 6.32. The van der Waals surface area contributed by atoms with E-state index in [-0.39, 0.29) is 24.0 Å². The number of primary amides is 1. The zero-order valence-electron chi connectivity index (χ0n) is 21.1. The number of rotatable bonds is 4. The predicted octanol–water partition coefficient (Wildman–Crippen LogP) is 0.232. The number of aromatic hydroxyl groups is 1. The molecular weight excluding hydrogens is 508 g/mol. The molecule has 3 aliphatic rings. The van der Waals surface area contributed by atoms with Gasteiger partial charge in [-0.25, -0.2) is 4.79 Å². The van der Waals surface area contributed by atoms with Gasteiger partial charge in [-0.1, -0.05) is 18.2 Å². The molecule has 6 atom stereocenters. The van der Waals surface area contributed by atoms with Gasteiger partial charge >= 0.3 is 5.97 Å². The number of benzene rings is 2. The van der Waals surface area contributed by atoms with Crippen molar-refractivity contribution in [3.05, 3.63) is 53.1 Å². The van der Waals surface area contributed by atoms with E-state index in [0.29, 0.717) is 16.7 Å². The highest BCUT2D eigenvalue weighted by atomic mass is 16.4. The van der Waals surface area contributed by atoms with Crippen LogP contribution in [0.1, 0.15) is 32.7 Å². The summed E-state index contributed by atoms with van der Waals surface area (Å²) in [4.78, 5) is 79.2. The van der Waals surface area contributed by atoms with E-state index < -0.39 is 76.1 Å². The van der Waals surface area contributed by atoms with Crippen molar-refractivity contribution < 1.29 is 44.1 Å². The normalized spacial score (nSPS) is 30.0. The zero-order valence-corrected chi connectivity index (χ0v) is 21.1. The smallest absolute Gasteiger partial charge is 0.335 e. The van der Waals surface area contributed by atoms with Crippen LogP contribution in [0.15, 0.2) is 36.4 Å². The Bertz CT molecular complexity index is 1500. The van der Waals surface area contributed by atoms with Crippen molar-refractivity contribution in [3.63, 3.8) is 0 Å². The van der Waals surface area contributed by atoms with Crippen LogP contribution in [-0.2, 0) is 25.6 Å². The second-order valence-corrected chi connectivity index (χ2v) is 10.7. The maximum absolute atomic E-state index is 13.9. The summed E-state index contributed by atoms with van der Waals surface area (Å²) in [5.41, 5.74) is 3.76. The molecule has 0 spiro atoms. The number of amides is 1. The summed E-state index contributed by atoms with van der Waals surface area (Å²) >= 11 is 0. The summed E-state index contributed by atoms with van der Waals surface area (Å²) in [5.74, 6) is -12.4. The fraction of sp³-hybridized carbons (Fsp3) is 0.357. The number of nitrogens with two attached hydrogens (primary N) is 1. The van der Waals surface area contributed by atoms with E-state index in [1.807, 2.05) is 0 Å². The largest absolute Gasteiger partial charge is 0.507 e. The second kappa shape index (κ2) is 8.92. The number of Topliss-reactive ketones (excluding diaryl/α,β-unsaturated/α-hetero) is 4. The van der Waals surface area contributed by atoms with Crippen LogP contribution in [0, 0.1) is 23.7 Å². The van der Waals surface area contributed by atoms with Gasteiger partial charge in [-0.3, -0.25) is 28.9 Å². The quantitative estimate of drug-likeness (QED) is 0.395. The van der Waals surface area contributed by atoms with Crippen LogP contribution in [-0.4, -0.2) is 81.0 Å². The number of nitrogens with zero attached hydrogens (tertiary/aromatic N) is 1. The molecule has 11 heteroatoms. The molecular formula is C28H26N2O9. The molecule has 2 fully saturated rings. The molecule has 0 saturated heterocycles. The standard InChI is InChI=1S/C28H26N2O9/c1-30(2)21-16-10-13-9-15-14(11-4-3-5-12(8-11)27(37)38)6-7-17(31)19(15)22(32)18(13)24(34)28(16,39)25(35)20(23(21)33)26(29)36/h3-8,13,16,18,20-21,31,39H,9-10H2,1-2H3,(H2,29,36)(H,37,38)/t13-,16-,18?,20?,21-,28-/m1/s1. The number of likely N-dealkylation sites (N-methyl/N-ethyl adjacent to an activating group) is 1. The van der Waals surface area contributed by atoms with Crippen molar-refractivity contribution in [2.24, 2.45) is 29.4 Å². The molecule has 2 unspecified atom stereocenters. The summed E-state index contributed by atoms with van der Waals surface area (Å²) in [6, 6.07) is 7.68. The Hall–Kier alpha value is -4.22. The third-order valence-corrected chi connectivity index (χ3v) is 8.37. The lowest BCUT2D eigenvalue weighted by molar-refractivity contribution is -0.181. The average Bonchev–Trinajstić information content (AvgIpc) is 2.86. The first-order valence-corrected chi connectivity index (χ1v) is 12.3. The van der Waals surface area contributed by atoms with E-state index in [4.69, 9.17) is 5.73 Å². The number of carboxylic acid groups (broad SMARTS) is 1. The average molecular weight is 535 g/mol. The number of carbonyl (C=O) groups excluding carboxylic acids is 5. The minimum atomic E-state index is -2.79. The molecule has 202 valence electrons. The summed E-state index contributed by atoms with van der Waals surface area (Å²) in [5, 5.41) is 31.7. The minimum Gasteiger partial charge on any atom is -0.507 e. The number of aliphatic hydroxyl groups is 1. The summed E-state index contributed by atoms with van der Waals surface area (Å²) in [7, 11) is 3.03. The molecule has 0 aromatic heterocycles. The molecule has 1 amide bonds. The van der Waals surface area contributed by atoms with Gasteiger partial charge in [0.05, 0.1) is 23.1 Å². The van der Waals surface area contributed by atoms with Gasteiger partial charge in [0.1, 0.15) is 5.75 Å². The SMILES string of the molecule is CN(C)[C@H]1C(=O)C(C(N)=O)C(=O)[C@]2(O)C(=O)C3C(=O)c4c(O)ccc(-c5cccc(C(=O)O)c5)c4C[C@@H]3C[C@H]12. The Labute approximate surface area is 222 Å². The first kappa shape index (κ1) is 26.4. The first-order chi connectivity index (χ1) is 18.3. The van der Waals surface area contributed by atoms with Gasteiger partial charge in [0.15, 0.2) is 34.7 Å². The van der Waals surface area contributed by atoms with Crippen LogP contribution in [0.25, 0.3) is 11.1 Å². The molecule has 2 aromatic carbocycles. The Morgan fingerprint density at radius 3 is 2.36 bits per heavy atom. The molecule has 5 N–H and O–H groups in total. The van der Waals surface area contributed by atoms with E-state index in [9.17, 15) is 44.1 Å². The number of phenolic OH excluding ortho intramolecular Hbond substituents is 1. The lowest BCUT2D eigenvalue weighted by Gasteiger charge is -2.52. The highest BCUT2D eigenvalue weighted by Crippen LogP contribution is 2.51. The third kappa shape index (κ3) is 3.64. The van der Waals surface area contributed by atoms with Crippen LogP contribution in [0.5, 0.6) is 5.75 Å². The summed E-state index contributed by atoms with van der Waals surface area (Å²) in [6.07, 6.45) is 0.00102. The number of carboxylic acids is 1. The number of hydrogen-bond acceptors (Lipinski definition) is 9. The summed E-state index contributed by atoms with van der Waals surface area (Å²) in [6.45, 7) is 0. The van der Waals surface area contributed by atoms with Gasteiger partial charge in [-0.05, 0) is 67.7 Å². The molecule has 5 rings (SSSR count). The fourth-order valence-corrected chi connectivity index (χ4v) is 6.69. The molecule has 0 radical (unpaired) electrons. The number of ketones is 4. The second-order valence-electron chi connectivity index (χ2n) is 10.7. The molecule has 0 aliphatic heterocycles. The molecule has 0 heterocycles. The number of phenols is 1. The highest BCUT2D eigenvalue weighted by Gasteiger charge is 2.69. The Balaban J connectivity index is 1.66. The van der Waals surface area contributed by atoms with E-state index >= 15 is 0 Å². The zero-order chi connectivity index (χ0) is 28.5. The molecule has 39 heavy (non-hydrogen) atoms. The maximum atomic E-state index is 13.9. The van der Waals surface area contributed by atoms with E-state index in [1.54, 1.807) is 18.2 Å². The molecule has 3 aliphatic carbocycles. The van der Waals surface area contributed by atoms with Crippen molar-refractivity contribution >= 4 is 35.0 Å². The Morgan fingerprint density at radius 1 is 1.05 bits per heavy atom. The van der Waals surface area contributed by atoms with Crippen LogP contribution in [0.4, 0.5) is 0 Å². The van der Waals surface area contributed by atoms with Crippen molar-refractivity contribution in [2.45, 2.75) is 24.5 Å². The number of aromatic carboxylic acids is 1. The van der Waals surface area contributed by atoms with Crippen molar-refractivity contribution in [1.82, 2.24) is 4.90 Å². The predicted molar refractivity (Wildman–Crippen MR) is 134 cm³/mol. The van der Waals surface area contributed by atoms with E-state index in [1.165, 1.54) is 37.2 Å². The van der Waals surface area contributed by atoms with Crippen molar-refractivity contribution in [3.8, 4) is 16.9 Å². The minimum absolute atomic E-state index is 0.0179. The van der Waals surface area contributed by atoms with Crippen molar-refractivity contribution in [2.75, 3.05) is 14.1 Å². The third-order valence-electron chi connectivity index (χ3n) is 8.37. The monoisotopic (exact) mass is 534 g/mol. The number of fused-ring (bicyclic) bond motifs is 3. The molecule has 0 bridgehead atoms. The maximum Gasteiger partial charge on any atom is 0.335 e. The van der Waals surface area contributed by atoms with Crippen LogP contribution in [0.2, 0.25) is 0 Å². The lowest BCUT2D eigenvalue weighted by Crippen LogP contribution is -2.74.